The van der Waals surface area contributed by atoms with Crippen molar-refractivity contribution >= 4 is 21.6 Å². The molecule has 0 radical (unpaired) electrons. The Bertz CT molecular complexity index is 867. The van der Waals surface area contributed by atoms with Crippen LogP contribution in [0.5, 0.6) is 0 Å². The summed E-state index contributed by atoms with van der Waals surface area (Å²) in [5, 5.41) is 11.0. The van der Waals surface area contributed by atoms with Gasteiger partial charge in [-0.25, -0.2) is 8.42 Å². The van der Waals surface area contributed by atoms with Crippen LogP contribution < -0.4 is 4.31 Å². The van der Waals surface area contributed by atoms with Gasteiger partial charge in [-0.05, 0) is 24.5 Å². The molecule has 1 amide bonds. The van der Waals surface area contributed by atoms with Crippen molar-refractivity contribution in [3.05, 3.63) is 30.3 Å². The second-order valence-electron chi connectivity index (χ2n) is 8.68. The van der Waals surface area contributed by atoms with E-state index in [2.05, 4.69) is 0 Å². The standard InChI is InChI=1S/C20H26N2O4S/c23-18(11-10-15-6-4-5-7-15)21-12-17-19(24)13-22(16-8-2-1-3-9-16)27(25,26)20(17,19)14-21/h1-3,8-9,15,17,24H,4-7,10-14H2/t17?,19-,20+/m1/s1. The van der Waals surface area contributed by atoms with E-state index >= 15 is 0 Å². The quantitative estimate of drug-likeness (QED) is 0.850. The number of rotatable bonds is 4. The molecule has 4 aliphatic rings. The van der Waals surface area contributed by atoms with E-state index in [0.29, 0.717) is 24.6 Å². The zero-order valence-corrected chi connectivity index (χ0v) is 16.2. The molecule has 1 N–H and O–H groups in total. The molecule has 0 aromatic heterocycles. The second kappa shape index (κ2) is 5.70. The molecule has 6 nitrogen and oxygen atoms in total. The smallest absolute Gasteiger partial charge is 0.246 e. The molecular weight excluding hydrogens is 364 g/mol. The van der Waals surface area contributed by atoms with Gasteiger partial charge < -0.3 is 10.0 Å². The minimum Gasteiger partial charge on any atom is -0.386 e. The maximum atomic E-state index is 13.3. The van der Waals surface area contributed by atoms with E-state index in [9.17, 15) is 18.3 Å². The minimum absolute atomic E-state index is 0.0409. The van der Waals surface area contributed by atoms with Crippen LogP contribution in [0.2, 0.25) is 0 Å². The number of hydrogen-bond acceptors (Lipinski definition) is 4. The maximum absolute atomic E-state index is 13.3. The van der Waals surface area contributed by atoms with Crippen molar-refractivity contribution in [2.24, 2.45) is 11.8 Å². The lowest BCUT2D eigenvalue weighted by molar-refractivity contribution is -0.131. The normalized spacial score (nSPS) is 36.7. The van der Waals surface area contributed by atoms with Crippen LogP contribution in [-0.2, 0) is 14.8 Å². The first-order valence-corrected chi connectivity index (χ1v) is 11.4. The van der Waals surface area contributed by atoms with Crippen molar-refractivity contribution in [1.29, 1.82) is 0 Å². The number of nitrogens with zero attached hydrogens (tertiary/aromatic N) is 2. The number of anilines is 1. The highest BCUT2D eigenvalue weighted by Gasteiger charge is 2.91. The van der Waals surface area contributed by atoms with E-state index in [-0.39, 0.29) is 24.9 Å². The van der Waals surface area contributed by atoms with Crippen molar-refractivity contribution in [2.45, 2.75) is 48.9 Å². The molecule has 1 aromatic rings. The van der Waals surface area contributed by atoms with Crippen LogP contribution in [0.25, 0.3) is 0 Å². The zero-order chi connectivity index (χ0) is 18.9. The molecule has 3 atom stereocenters. The first-order chi connectivity index (χ1) is 12.9. The van der Waals surface area contributed by atoms with Gasteiger partial charge in [0.1, 0.15) is 10.3 Å². The molecule has 2 saturated carbocycles. The highest BCUT2D eigenvalue weighted by atomic mass is 32.2. The largest absolute Gasteiger partial charge is 0.386 e. The van der Waals surface area contributed by atoms with Crippen molar-refractivity contribution < 1.29 is 18.3 Å². The van der Waals surface area contributed by atoms with Gasteiger partial charge in [0.2, 0.25) is 15.9 Å². The molecular formula is C20H26N2O4S. The number of likely N-dealkylation sites (tertiary alicyclic amines) is 1. The van der Waals surface area contributed by atoms with Gasteiger partial charge in [-0.15, -0.1) is 0 Å². The van der Waals surface area contributed by atoms with Gasteiger partial charge in [0.25, 0.3) is 0 Å². The first kappa shape index (κ1) is 17.5. The Balaban J connectivity index is 1.32. The van der Waals surface area contributed by atoms with Crippen molar-refractivity contribution in [1.82, 2.24) is 4.90 Å². The number of β-amino-alcohol motifs (C(OH)–C–C–N with tert-alkyl or cyclic N) is 1. The third kappa shape index (κ3) is 2.21. The van der Waals surface area contributed by atoms with Crippen molar-refractivity contribution in [3.63, 3.8) is 0 Å². The maximum Gasteiger partial charge on any atom is 0.246 e. The molecule has 1 unspecified atom stereocenters. The van der Waals surface area contributed by atoms with Gasteiger partial charge in [-0.1, -0.05) is 43.9 Å². The summed E-state index contributed by atoms with van der Waals surface area (Å²) in [6.07, 6.45) is 6.33. The number of benzene rings is 1. The van der Waals surface area contributed by atoms with Crippen LogP contribution in [0.1, 0.15) is 38.5 Å². The molecule has 5 rings (SSSR count). The topological polar surface area (TPSA) is 77.9 Å². The van der Waals surface area contributed by atoms with Crippen LogP contribution in [0.3, 0.4) is 0 Å². The Morgan fingerprint density at radius 2 is 1.85 bits per heavy atom. The molecule has 7 heteroatoms. The van der Waals surface area contributed by atoms with Crippen LogP contribution in [0.4, 0.5) is 5.69 Å². The number of aliphatic hydroxyl groups is 1. The number of piperidine rings is 1. The highest BCUT2D eigenvalue weighted by Crippen LogP contribution is 2.68. The van der Waals surface area contributed by atoms with Crippen molar-refractivity contribution in [2.75, 3.05) is 23.9 Å². The average molecular weight is 391 g/mol. The van der Waals surface area contributed by atoms with E-state index < -0.39 is 20.4 Å². The Morgan fingerprint density at radius 3 is 2.56 bits per heavy atom. The van der Waals surface area contributed by atoms with E-state index in [1.165, 1.54) is 30.0 Å². The number of para-hydroxylation sites is 1. The lowest BCUT2D eigenvalue weighted by atomic mass is 10.0. The lowest BCUT2D eigenvalue weighted by Gasteiger charge is -2.23. The molecule has 1 aromatic carbocycles. The Hall–Kier alpha value is -1.60. The summed E-state index contributed by atoms with van der Waals surface area (Å²) in [6.45, 7) is 0.583. The fourth-order valence-electron chi connectivity index (χ4n) is 5.78. The van der Waals surface area contributed by atoms with E-state index in [0.717, 1.165) is 6.42 Å². The molecule has 2 heterocycles. The van der Waals surface area contributed by atoms with E-state index in [1.807, 2.05) is 6.07 Å². The second-order valence-corrected chi connectivity index (χ2v) is 10.8. The fourth-order valence-corrected chi connectivity index (χ4v) is 8.48. The highest BCUT2D eigenvalue weighted by molar-refractivity contribution is 7.95. The predicted octanol–water partition coefficient (Wildman–Crippen LogP) is 1.75. The molecule has 2 aliphatic heterocycles. The molecule has 2 saturated heterocycles. The lowest BCUT2D eigenvalue weighted by Crippen LogP contribution is -2.42. The van der Waals surface area contributed by atoms with Gasteiger partial charge >= 0.3 is 0 Å². The number of sulfonamides is 1. The molecule has 2 aliphatic carbocycles. The Kier molecular flexibility index (Phi) is 3.70. The molecule has 1 spiro atoms. The number of carbonyl (C=O) groups is 1. The number of amides is 1. The summed E-state index contributed by atoms with van der Waals surface area (Å²) in [5.74, 6) is 0.328. The predicted molar refractivity (Wildman–Crippen MR) is 102 cm³/mol. The van der Waals surface area contributed by atoms with E-state index in [1.54, 1.807) is 29.2 Å². The number of fused-ring (bicyclic) bond motifs is 1. The summed E-state index contributed by atoms with van der Waals surface area (Å²) in [7, 11) is -3.71. The van der Waals surface area contributed by atoms with Gasteiger partial charge in [-0.3, -0.25) is 9.10 Å². The summed E-state index contributed by atoms with van der Waals surface area (Å²) >= 11 is 0. The summed E-state index contributed by atoms with van der Waals surface area (Å²) < 4.78 is 26.7. The van der Waals surface area contributed by atoms with Gasteiger partial charge in [-0.2, -0.15) is 0 Å². The van der Waals surface area contributed by atoms with Crippen molar-refractivity contribution in [3.8, 4) is 0 Å². The first-order valence-electron chi connectivity index (χ1n) is 9.98. The van der Waals surface area contributed by atoms with Gasteiger partial charge in [0, 0.05) is 25.4 Å². The summed E-state index contributed by atoms with van der Waals surface area (Å²) in [4.78, 5) is 14.3. The fraction of sp³-hybridized carbons (Fsp3) is 0.650. The summed E-state index contributed by atoms with van der Waals surface area (Å²) in [5.41, 5.74) is -0.651. The molecule has 4 fully saturated rings. The molecule has 27 heavy (non-hydrogen) atoms. The third-order valence-corrected chi connectivity index (χ3v) is 10.00. The third-order valence-electron chi connectivity index (χ3n) is 7.39. The van der Waals surface area contributed by atoms with Gasteiger partial charge in [0.15, 0.2) is 0 Å². The van der Waals surface area contributed by atoms with Crippen LogP contribution >= 0.6 is 0 Å². The number of carbonyl (C=O) groups excluding carboxylic acids is 1. The van der Waals surface area contributed by atoms with E-state index in [4.69, 9.17) is 0 Å². The molecule has 0 bridgehead atoms. The van der Waals surface area contributed by atoms with Crippen LogP contribution in [0, 0.1) is 11.8 Å². The average Bonchev–Trinajstić information content (AvgIpc) is 3.17. The Labute approximate surface area is 160 Å². The van der Waals surface area contributed by atoms with Crippen LogP contribution in [0.15, 0.2) is 30.3 Å². The minimum atomic E-state index is -3.71. The number of hydrogen-bond donors (Lipinski definition) is 1. The molecule has 146 valence electrons. The summed E-state index contributed by atoms with van der Waals surface area (Å²) in [6, 6.07) is 8.92. The Morgan fingerprint density at radius 1 is 1.15 bits per heavy atom. The SMILES string of the molecule is O=C(CCC1CCCC1)N1CC2[C@]3(O)CN(c4ccccc4)S(=O)(=O)[C@@]23C1. The van der Waals surface area contributed by atoms with Crippen LogP contribution in [-0.4, -0.2) is 54.3 Å². The monoisotopic (exact) mass is 390 g/mol. The zero-order valence-electron chi connectivity index (χ0n) is 15.4. The van der Waals surface area contributed by atoms with Gasteiger partial charge in [0.05, 0.1) is 12.2 Å².